The van der Waals surface area contributed by atoms with Crippen molar-refractivity contribution in [1.82, 2.24) is 9.80 Å². The van der Waals surface area contributed by atoms with Gasteiger partial charge in [0.25, 0.3) is 0 Å². The van der Waals surface area contributed by atoms with Crippen LogP contribution >= 0.6 is 0 Å². The van der Waals surface area contributed by atoms with E-state index in [-0.39, 0.29) is 11.9 Å². The molecule has 0 radical (unpaired) electrons. The normalized spacial score (nSPS) is 26.2. The second-order valence-electron chi connectivity index (χ2n) is 6.10. The molecule has 2 saturated heterocycles. The minimum Gasteiger partial charge on any atom is -0.323 e. The van der Waals surface area contributed by atoms with Crippen molar-refractivity contribution in [3.8, 4) is 0 Å². The van der Waals surface area contributed by atoms with Crippen molar-refractivity contribution in [3.05, 3.63) is 35.6 Å². The van der Waals surface area contributed by atoms with Crippen molar-refractivity contribution in [2.45, 2.75) is 31.3 Å². The summed E-state index contributed by atoms with van der Waals surface area (Å²) in [6, 6.07) is 7.29. The molecule has 2 atom stereocenters. The molecule has 110 valence electrons. The van der Waals surface area contributed by atoms with Crippen molar-refractivity contribution >= 4 is 0 Å². The predicted octanol–water partition coefficient (Wildman–Crippen LogP) is 2.00. The van der Waals surface area contributed by atoms with Gasteiger partial charge in [-0.1, -0.05) is 18.6 Å². The van der Waals surface area contributed by atoms with E-state index in [0.717, 1.165) is 31.2 Å². The minimum absolute atomic E-state index is 0.0225. The third-order valence-electron chi connectivity index (χ3n) is 4.67. The first-order valence-corrected chi connectivity index (χ1v) is 7.70. The Kier molecular flexibility index (Phi) is 4.34. The van der Waals surface area contributed by atoms with Crippen LogP contribution in [0.3, 0.4) is 0 Å². The predicted molar refractivity (Wildman–Crippen MR) is 79.0 cm³/mol. The summed E-state index contributed by atoms with van der Waals surface area (Å²) in [5.41, 5.74) is 7.29. The molecular formula is C16H24FN3. The lowest BCUT2D eigenvalue weighted by Gasteiger charge is -2.44. The number of fused-ring (bicyclic) bond motifs is 1. The Bertz CT molecular complexity index is 434. The van der Waals surface area contributed by atoms with Gasteiger partial charge in [0.2, 0.25) is 0 Å². The zero-order valence-corrected chi connectivity index (χ0v) is 12.0. The van der Waals surface area contributed by atoms with Crippen LogP contribution in [0.5, 0.6) is 0 Å². The largest absolute Gasteiger partial charge is 0.323 e. The Morgan fingerprint density at radius 3 is 2.75 bits per heavy atom. The molecule has 20 heavy (non-hydrogen) atoms. The monoisotopic (exact) mass is 277 g/mol. The summed E-state index contributed by atoms with van der Waals surface area (Å²) in [5, 5.41) is 0. The lowest BCUT2D eigenvalue weighted by Crippen LogP contribution is -2.55. The van der Waals surface area contributed by atoms with Gasteiger partial charge in [-0.15, -0.1) is 0 Å². The molecule has 0 saturated carbocycles. The lowest BCUT2D eigenvalue weighted by atomic mass is 9.98. The molecule has 2 aliphatic rings. The van der Waals surface area contributed by atoms with Gasteiger partial charge in [-0.25, -0.2) is 4.39 Å². The van der Waals surface area contributed by atoms with Crippen molar-refractivity contribution in [2.75, 3.05) is 32.7 Å². The first-order valence-electron chi connectivity index (χ1n) is 7.70. The molecule has 2 heterocycles. The topological polar surface area (TPSA) is 32.5 Å². The molecule has 0 aliphatic carbocycles. The molecule has 0 amide bonds. The first-order chi connectivity index (χ1) is 9.72. The zero-order valence-electron chi connectivity index (χ0n) is 12.0. The number of halogens is 1. The van der Waals surface area contributed by atoms with Gasteiger partial charge < -0.3 is 5.73 Å². The SMILES string of the molecule is NC(CN1CCN2CCCCC2C1)c1ccc(F)cc1. The van der Waals surface area contributed by atoms with Gasteiger partial charge >= 0.3 is 0 Å². The van der Waals surface area contributed by atoms with Crippen LogP contribution in [-0.4, -0.2) is 48.6 Å². The molecule has 0 spiro atoms. The van der Waals surface area contributed by atoms with E-state index >= 15 is 0 Å². The van der Waals surface area contributed by atoms with Crippen LogP contribution in [0.4, 0.5) is 4.39 Å². The second-order valence-corrected chi connectivity index (χ2v) is 6.10. The number of nitrogens with zero attached hydrogens (tertiary/aromatic N) is 2. The van der Waals surface area contributed by atoms with Crippen molar-refractivity contribution < 1.29 is 4.39 Å². The number of piperazine rings is 1. The third-order valence-corrected chi connectivity index (χ3v) is 4.67. The molecule has 0 bridgehead atoms. The molecule has 1 aromatic carbocycles. The third kappa shape index (κ3) is 3.19. The quantitative estimate of drug-likeness (QED) is 0.917. The maximum Gasteiger partial charge on any atom is 0.123 e. The number of hydrogen-bond donors (Lipinski definition) is 1. The van der Waals surface area contributed by atoms with Crippen LogP contribution in [-0.2, 0) is 0 Å². The fourth-order valence-electron chi connectivity index (χ4n) is 3.48. The highest BCUT2D eigenvalue weighted by atomic mass is 19.1. The molecule has 3 nitrogen and oxygen atoms in total. The summed E-state index contributed by atoms with van der Waals surface area (Å²) in [6.45, 7) is 5.54. The van der Waals surface area contributed by atoms with Gasteiger partial charge in [0.15, 0.2) is 0 Å². The van der Waals surface area contributed by atoms with Gasteiger partial charge in [-0.2, -0.15) is 0 Å². The summed E-state index contributed by atoms with van der Waals surface area (Å²) in [7, 11) is 0. The smallest absolute Gasteiger partial charge is 0.123 e. The molecule has 0 aromatic heterocycles. The van der Waals surface area contributed by atoms with Gasteiger partial charge in [0.05, 0.1) is 0 Å². The van der Waals surface area contributed by atoms with E-state index in [1.54, 1.807) is 12.1 Å². The molecular weight excluding hydrogens is 253 g/mol. The molecule has 2 N–H and O–H groups in total. The van der Waals surface area contributed by atoms with E-state index in [4.69, 9.17) is 5.73 Å². The van der Waals surface area contributed by atoms with Gasteiger partial charge in [0.1, 0.15) is 5.82 Å². The number of nitrogens with two attached hydrogens (primary N) is 1. The summed E-state index contributed by atoms with van der Waals surface area (Å²) >= 11 is 0. The standard InChI is InChI=1S/C16H24FN3/c17-14-6-4-13(5-7-14)16(18)12-19-9-10-20-8-2-1-3-15(20)11-19/h4-7,15-16H,1-3,8-12,18H2. The highest BCUT2D eigenvalue weighted by molar-refractivity contribution is 5.19. The maximum atomic E-state index is 12.9. The van der Waals surface area contributed by atoms with Crippen LogP contribution in [0.25, 0.3) is 0 Å². The average molecular weight is 277 g/mol. The fraction of sp³-hybridized carbons (Fsp3) is 0.625. The van der Waals surface area contributed by atoms with E-state index in [0.29, 0.717) is 0 Å². The molecule has 4 heteroatoms. The van der Waals surface area contributed by atoms with Crippen LogP contribution < -0.4 is 5.73 Å². The Balaban J connectivity index is 1.56. The number of piperidine rings is 1. The maximum absolute atomic E-state index is 12.9. The molecule has 2 aliphatic heterocycles. The highest BCUT2D eigenvalue weighted by Gasteiger charge is 2.29. The van der Waals surface area contributed by atoms with Gasteiger partial charge in [-0.05, 0) is 37.1 Å². The van der Waals surface area contributed by atoms with Crippen molar-refractivity contribution in [1.29, 1.82) is 0 Å². The molecule has 1 aromatic rings. The number of hydrogen-bond acceptors (Lipinski definition) is 3. The van der Waals surface area contributed by atoms with Crippen LogP contribution in [0, 0.1) is 5.82 Å². The second kappa shape index (κ2) is 6.20. The van der Waals surface area contributed by atoms with Crippen LogP contribution in [0.1, 0.15) is 30.9 Å². The average Bonchev–Trinajstić information content (AvgIpc) is 2.48. The highest BCUT2D eigenvalue weighted by Crippen LogP contribution is 2.22. The summed E-state index contributed by atoms with van der Waals surface area (Å²) in [5.74, 6) is -0.197. The van der Waals surface area contributed by atoms with Gasteiger partial charge in [-0.3, -0.25) is 9.80 Å². The Morgan fingerprint density at radius 1 is 1.15 bits per heavy atom. The van der Waals surface area contributed by atoms with Crippen LogP contribution in [0.15, 0.2) is 24.3 Å². The van der Waals surface area contributed by atoms with Crippen molar-refractivity contribution in [2.24, 2.45) is 5.73 Å². The number of rotatable bonds is 3. The van der Waals surface area contributed by atoms with E-state index in [1.165, 1.54) is 44.5 Å². The van der Waals surface area contributed by atoms with E-state index in [1.807, 2.05) is 0 Å². The lowest BCUT2D eigenvalue weighted by molar-refractivity contribution is 0.0466. The fourth-order valence-corrected chi connectivity index (χ4v) is 3.48. The van der Waals surface area contributed by atoms with Gasteiger partial charge in [0, 0.05) is 38.3 Å². The molecule has 2 unspecified atom stereocenters. The first kappa shape index (κ1) is 14.0. The minimum atomic E-state index is -0.197. The molecule has 2 fully saturated rings. The van der Waals surface area contributed by atoms with E-state index in [9.17, 15) is 4.39 Å². The Morgan fingerprint density at radius 2 is 1.95 bits per heavy atom. The van der Waals surface area contributed by atoms with E-state index < -0.39 is 0 Å². The number of benzene rings is 1. The van der Waals surface area contributed by atoms with Crippen molar-refractivity contribution in [3.63, 3.8) is 0 Å². The Labute approximate surface area is 120 Å². The van der Waals surface area contributed by atoms with Crippen LogP contribution in [0.2, 0.25) is 0 Å². The summed E-state index contributed by atoms with van der Waals surface area (Å²) in [6.07, 6.45) is 4.03. The summed E-state index contributed by atoms with van der Waals surface area (Å²) in [4.78, 5) is 5.10. The summed E-state index contributed by atoms with van der Waals surface area (Å²) < 4.78 is 12.9. The molecule has 3 rings (SSSR count). The van der Waals surface area contributed by atoms with E-state index in [2.05, 4.69) is 9.80 Å². The zero-order chi connectivity index (χ0) is 13.9. The Hall–Kier alpha value is -0.970.